The molecule has 0 saturated heterocycles. The maximum absolute atomic E-state index is 14.5. The molecule has 0 atom stereocenters. The molecule has 0 bridgehead atoms. The van der Waals surface area contributed by atoms with Crippen LogP contribution in [0.2, 0.25) is 0 Å². The van der Waals surface area contributed by atoms with Crippen LogP contribution in [0, 0.1) is 18.6 Å². The Bertz CT molecular complexity index is 1110. The topological polar surface area (TPSA) is 75.1 Å². The van der Waals surface area contributed by atoms with Crippen LogP contribution in [-0.2, 0) is 0 Å². The Labute approximate surface area is 179 Å². The lowest BCUT2D eigenvalue weighted by molar-refractivity contribution is 0.102. The number of amides is 1. The number of aromatic nitrogens is 2. The summed E-state index contributed by atoms with van der Waals surface area (Å²) in [5.74, 6) is -1.70. The van der Waals surface area contributed by atoms with Crippen molar-refractivity contribution in [3.05, 3.63) is 77.2 Å². The maximum Gasteiger partial charge on any atom is 0.274 e. The van der Waals surface area contributed by atoms with Gasteiger partial charge in [0.25, 0.3) is 5.91 Å². The van der Waals surface area contributed by atoms with Crippen molar-refractivity contribution < 1.29 is 18.7 Å². The summed E-state index contributed by atoms with van der Waals surface area (Å²) in [5, 5.41) is 12.6. The fraction of sp³-hybridized carbons (Fsp3) is 0.292. The van der Waals surface area contributed by atoms with Crippen LogP contribution in [0.3, 0.4) is 0 Å². The number of halogens is 2. The lowest BCUT2D eigenvalue weighted by Gasteiger charge is -2.27. The molecule has 4 rings (SSSR count). The number of hydrogen-bond acceptors (Lipinski definition) is 4. The second-order valence-corrected chi connectivity index (χ2v) is 7.88. The Morgan fingerprint density at radius 1 is 1.10 bits per heavy atom. The molecule has 1 aromatic carbocycles. The largest absolute Gasteiger partial charge is 0.393 e. The minimum absolute atomic E-state index is 0.0478. The smallest absolute Gasteiger partial charge is 0.274 e. The Morgan fingerprint density at radius 2 is 1.87 bits per heavy atom. The first-order valence-corrected chi connectivity index (χ1v) is 10.3. The fourth-order valence-corrected chi connectivity index (χ4v) is 4.03. The summed E-state index contributed by atoms with van der Waals surface area (Å²) < 4.78 is 28.8. The summed E-state index contributed by atoms with van der Waals surface area (Å²) >= 11 is 0. The number of carbonyl (C=O) groups excluding carboxylic acids is 1. The van der Waals surface area contributed by atoms with E-state index < -0.39 is 17.5 Å². The van der Waals surface area contributed by atoms with E-state index in [-0.39, 0.29) is 29.0 Å². The zero-order valence-electron chi connectivity index (χ0n) is 17.1. The van der Waals surface area contributed by atoms with Gasteiger partial charge in [0.15, 0.2) is 0 Å². The maximum atomic E-state index is 14.5. The van der Waals surface area contributed by atoms with Gasteiger partial charge in [0.1, 0.15) is 17.3 Å². The molecule has 160 valence electrons. The average molecular weight is 423 g/mol. The first-order valence-electron chi connectivity index (χ1n) is 10.3. The summed E-state index contributed by atoms with van der Waals surface area (Å²) in [6, 6.07) is 8.94. The first kappa shape index (κ1) is 21.1. The van der Waals surface area contributed by atoms with Crippen molar-refractivity contribution in [2.75, 3.05) is 5.32 Å². The van der Waals surface area contributed by atoms with E-state index in [1.807, 2.05) is 6.07 Å². The highest BCUT2D eigenvalue weighted by Gasteiger charge is 2.24. The van der Waals surface area contributed by atoms with Crippen molar-refractivity contribution >= 4 is 11.6 Å². The van der Waals surface area contributed by atoms with Crippen LogP contribution in [-0.4, -0.2) is 27.1 Å². The van der Waals surface area contributed by atoms with Gasteiger partial charge >= 0.3 is 0 Å². The monoisotopic (exact) mass is 423 g/mol. The number of nitrogens with one attached hydrogen (secondary N) is 1. The summed E-state index contributed by atoms with van der Waals surface area (Å²) in [7, 11) is 0. The van der Waals surface area contributed by atoms with E-state index in [4.69, 9.17) is 0 Å². The van der Waals surface area contributed by atoms with Crippen molar-refractivity contribution in [1.29, 1.82) is 0 Å². The number of aryl methyl sites for hydroxylation is 1. The van der Waals surface area contributed by atoms with E-state index >= 15 is 0 Å². The first-order chi connectivity index (χ1) is 14.9. The molecule has 1 amide bonds. The molecule has 2 N–H and O–H groups in total. The van der Waals surface area contributed by atoms with Crippen LogP contribution in [0.4, 0.5) is 14.5 Å². The zero-order valence-corrected chi connectivity index (χ0v) is 17.1. The Hall–Kier alpha value is -3.19. The van der Waals surface area contributed by atoms with Gasteiger partial charge in [-0.3, -0.25) is 9.78 Å². The van der Waals surface area contributed by atoms with E-state index in [2.05, 4.69) is 15.3 Å². The molecule has 1 aliphatic rings. The molecule has 2 aromatic heterocycles. The van der Waals surface area contributed by atoms with Gasteiger partial charge in [0.2, 0.25) is 0 Å². The number of nitrogens with zero attached hydrogens (tertiary/aromatic N) is 2. The number of carbonyl (C=O) groups is 1. The molecule has 0 radical (unpaired) electrons. The second kappa shape index (κ2) is 8.89. The molecular weight excluding hydrogens is 400 g/mol. The van der Waals surface area contributed by atoms with Crippen LogP contribution in [0.1, 0.15) is 53.2 Å². The molecule has 0 aliphatic heterocycles. The third-order valence-electron chi connectivity index (χ3n) is 5.76. The summed E-state index contributed by atoms with van der Waals surface area (Å²) in [5.41, 5.74) is 1.69. The van der Waals surface area contributed by atoms with Gasteiger partial charge in [-0.1, -0.05) is 12.1 Å². The van der Waals surface area contributed by atoms with Crippen LogP contribution in [0.15, 0.2) is 48.8 Å². The Kier molecular flexibility index (Phi) is 6.04. The standard InChI is InChI=1S/C24H23F2N3O2/c1-14-5-10-18(25)22(23(14)26)19-3-2-4-20(28-19)24(31)29-21-13-27-12-11-17(21)15-6-8-16(30)9-7-15/h2-5,10-13,15-16,30H,6-9H2,1H3,(H,29,31). The molecule has 0 spiro atoms. The van der Waals surface area contributed by atoms with Gasteiger partial charge in [-0.05, 0) is 73.9 Å². The predicted molar refractivity (Wildman–Crippen MR) is 114 cm³/mol. The lowest BCUT2D eigenvalue weighted by atomic mass is 9.82. The number of anilines is 1. The van der Waals surface area contributed by atoms with Gasteiger partial charge < -0.3 is 10.4 Å². The molecule has 1 aliphatic carbocycles. The quantitative estimate of drug-likeness (QED) is 0.619. The van der Waals surface area contributed by atoms with Crippen molar-refractivity contribution in [2.45, 2.75) is 44.6 Å². The van der Waals surface area contributed by atoms with Crippen molar-refractivity contribution in [2.24, 2.45) is 0 Å². The lowest BCUT2D eigenvalue weighted by Crippen LogP contribution is -2.20. The van der Waals surface area contributed by atoms with E-state index in [1.165, 1.54) is 24.3 Å². The van der Waals surface area contributed by atoms with E-state index in [9.17, 15) is 18.7 Å². The van der Waals surface area contributed by atoms with E-state index in [0.717, 1.165) is 31.2 Å². The molecule has 3 aromatic rings. The fourth-order valence-electron chi connectivity index (χ4n) is 4.03. The molecule has 0 unspecified atom stereocenters. The predicted octanol–water partition coefficient (Wildman–Crippen LogP) is 5.00. The minimum atomic E-state index is -0.734. The molecule has 7 heteroatoms. The van der Waals surface area contributed by atoms with Gasteiger partial charge in [-0.25, -0.2) is 13.8 Å². The Morgan fingerprint density at radius 3 is 2.65 bits per heavy atom. The number of aliphatic hydroxyl groups excluding tert-OH is 1. The van der Waals surface area contributed by atoms with Gasteiger partial charge in [-0.15, -0.1) is 0 Å². The summed E-state index contributed by atoms with van der Waals surface area (Å²) in [6.07, 6.45) is 6.09. The molecule has 1 fully saturated rings. The number of pyridine rings is 2. The van der Waals surface area contributed by atoms with Crippen molar-refractivity contribution in [3.8, 4) is 11.3 Å². The number of hydrogen-bond donors (Lipinski definition) is 2. The van der Waals surface area contributed by atoms with Crippen molar-refractivity contribution in [1.82, 2.24) is 9.97 Å². The van der Waals surface area contributed by atoms with E-state index in [1.54, 1.807) is 25.4 Å². The second-order valence-electron chi connectivity index (χ2n) is 7.88. The van der Waals surface area contributed by atoms with Crippen molar-refractivity contribution in [3.63, 3.8) is 0 Å². The van der Waals surface area contributed by atoms with Gasteiger partial charge in [0.05, 0.1) is 29.2 Å². The SMILES string of the molecule is Cc1ccc(F)c(-c2cccc(C(=O)Nc3cnccc3C3CCC(O)CC3)n2)c1F. The minimum Gasteiger partial charge on any atom is -0.393 e. The van der Waals surface area contributed by atoms with Gasteiger partial charge in [-0.2, -0.15) is 0 Å². The molecule has 31 heavy (non-hydrogen) atoms. The highest BCUT2D eigenvalue weighted by Crippen LogP contribution is 2.36. The highest BCUT2D eigenvalue weighted by molar-refractivity contribution is 6.03. The molecule has 1 saturated carbocycles. The average Bonchev–Trinajstić information content (AvgIpc) is 2.78. The number of aliphatic hydroxyl groups is 1. The molecule has 5 nitrogen and oxygen atoms in total. The van der Waals surface area contributed by atoms with Crippen LogP contribution < -0.4 is 5.32 Å². The van der Waals surface area contributed by atoms with Crippen LogP contribution in [0.25, 0.3) is 11.3 Å². The van der Waals surface area contributed by atoms with Gasteiger partial charge in [0, 0.05) is 6.20 Å². The normalized spacial score (nSPS) is 18.6. The summed E-state index contributed by atoms with van der Waals surface area (Å²) in [6.45, 7) is 1.54. The number of benzene rings is 1. The van der Waals surface area contributed by atoms with E-state index in [0.29, 0.717) is 11.3 Å². The third-order valence-corrected chi connectivity index (χ3v) is 5.76. The third kappa shape index (κ3) is 4.46. The Balaban J connectivity index is 1.60. The summed E-state index contributed by atoms with van der Waals surface area (Å²) in [4.78, 5) is 21.2. The van der Waals surface area contributed by atoms with Crippen LogP contribution in [0.5, 0.6) is 0 Å². The molecule has 2 heterocycles. The zero-order chi connectivity index (χ0) is 22.0. The van der Waals surface area contributed by atoms with Crippen LogP contribution >= 0.6 is 0 Å². The number of rotatable bonds is 4. The molecular formula is C24H23F2N3O2. The highest BCUT2D eigenvalue weighted by atomic mass is 19.1.